The van der Waals surface area contributed by atoms with E-state index in [1.807, 2.05) is 24.3 Å². The minimum absolute atomic E-state index is 0.287. The molecule has 0 saturated carbocycles. The van der Waals surface area contributed by atoms with Gasteiger partial charge in [0.25, 0.3) is 11.8 Å². The molecular formula is C23H28N4O4. The number of hydrogen-bond acceptors (Lipinski definition) is 5. The van der Waals surface area contributed by atoms with Crippen LogP contribution in [0, 0.1) is 0 Å². The monoisotopic (exact) mass is 424 g/mol. The second-order valence-corrected chi connectivity index (χ2v) is 8.64. The second-order valence-electron chi connectivity index (χ2n) is 8.64. The lowest BCUT2D eigenvalue weighted by atomic mass is 9.95. The Bertz CT molecular complexity index is 955. The van der Waals surface area contributed by atoms with Gasteiger partial charge in [0.1, 0.15) is 11.1 Å². The molecule has 0 unspecified atom stereocenters. The molecule has 1 aliphatic rings. The van der Waals surface area contributed by atoms with Crippen molar-refractivity contribution in [3.05, 3.63) is 70.8 Å². The van der Waals surface area contributed by atoms with E-state index in [1.165, 1.54) is 0 Å². The molecule has 5 N–H and O–H groups in total. The average molecular weight is 425 g/mol. The fraction of sp³-hybridized carbons (Fsp3) is 0.348. The van der Waals surface area contributed by atoms with E-state index in [-0.39, 0.29) is 12.8 Å². The normalized spacial score (nSPS) is 14.3. The van der Waals surface area contributed by atoms with Crippen LogP contribution in [0.5, 0.6) is 0 Å². The first-order chi connectivity index (χ1) is 14.6. The topological polar surface area (TPSA) is 123 Å². The third-order valence-corrected chi connectivity index (χ3v) is 5.02. The summed E-state index contributed by atoms with van der Waals surface area (Å²) in [5, 5.41) is 2.74. The lowest BCUT2D eigenvalue weighted by molar-refractivity contribution is -0.128. The molecule has 1 aliphatic carbocycles. The number of hydrogen-bond donors (Lipinski definition) is 4. The highest BCUT2D eigenvalue weighted by atomic mass is 16.6. The molecule has 0 heterocycles. The third-order valence-electron chi connectivity index (χ3n) is 5.02. The standard InChI is InChI=1S/C23H28N4O4/c1-22(2,3)31-21(30)25-23(12-17-6-4-5-7-18(17)13-23)20(29)27-26-19(28)16-10-8-15(14-24)9-11-16/h4-11H,12-14,24H2,1-3H3,(H,25,30)(H,26,28)(H,27,29). The van der Waals surface area contributed by atoms with E-state index in [0.29, 0.717) is 12.1 Å². The maximum absolute atomic E-state index is 13.2. The Balaban J connectivity index is 1.73. The third kappa shape index (κ3) is 5.40. The molecule has 3 amide bonds. The Morgan fingerprint density at radius 2 is 1.55 bits per heavy atom. The summed E-state index contributed by atoms with van der Waals surface area (Å²) in [7, 11) is 0. The van der Waals surface area contributed by atoms with Crippen LogP contribution < -0.4 is 21.9 Å². The quantitative estimate of drug-likeness (QED) is 0.559. The largest absolute Gasteiger partial charge is 0.444 e. The fourth-order valence-electron chi connectivity index (χ4n) is 3.52. The van der Waals surface area contributed by atoms with Gasteiger partial charge in [0.05, 0.1) is 0 Å². The van der Waals surface area contributed by atoms with E-state index >= 15 is 0 Å². The Morgan fingerprint density at radius 3 is 2.06 bits per heavy atom. The van der Waals surface area contributed by atoms with Crippen LogP contribution in [0.1, 0.15) is 47.8 Å². The molecule has 0 fully saturated rings. The van der Waals surface area contributed by atoms with E-state index < -0.39 is 29.0 Å². The molecule has 8 nitrogen and oxygen atoms in total. The van der Waals surface area contributed by atoms with Crippen LogP contribution in [0.25, 0.3) is 0 Å². The van der Waals surface area contributed by atoms with Gasteiger partial charge in [-0.15, -0.1) is 0 Å². The highest BCUT2D eigenvalue weighted by Gasteiger charge is 2.46. The average Bonchev–Trinajstić information content (AvgIpc) is 3.09. The zero-order valence-electron chi connectivity index (χ0n) is 18.0. The molecule has 164 valence electrons. The fourth-order valence-corrected chi connectivity index (χ4v) is 3.52. The number of nitrogens with one attached hydrogen (secondary N) is 3. The van der Waals surface area contributed by atoms with Crippen LogP contribution in [-0.4, -0.2) is 29.0 Å². The van der Waals surface area contributed by atoms with Crippen LogP contribution in [0.15, 0.2) is 48.5 Å². The van der Waals surface area contributed by atoms with Crippen molar-refractivity contribution < 1.29 is 19.1 Å². The maximum Gasteiger partial charge on any atom is 0.408 e. The van der Waals surface area contributed by atoms with Gasteiger partial charge in [-0.2, -0.15) is 0 Å². The highest BCUT2D eigenvalue weighted by Crippen LogP contribution is 2.30. The molecule has 0 aliphatic heterocycles. The van der Waals surface area contributed by atoms with Crippen molar-refractivity contribution in [2.75, 3.05) is 0 Å². The van der Waals surface area contributed by atoms with Crippen molar-refractivity contribution in [3.8, 4) is 0 Å². The van der Waals surface area contributed by atoms with Crippen molar-refractivity contribution in [2.45, 2.75) is 51.3 Å². The number of rotatable bonds is 4. The smallest absolute Gasteiger partial charge is 0.408 e. The van der Waals surface area contributed by atoms with Gasteiger partial charge in [0, 0.05) is 24.9 Å². The molecule has 31 heavy (non-hydrogen) atoms. The van der Waals surface area contributed by atoms with Crippen LogP contribution in [0.3, 0.4) is 0 Å². The Morgan fingerprint density at radius 1 is 0.968 bits per heavy atom. The van der Waals surface area contributed by atoms with Crippen LogP contribution in [-0.2, 0) is 28.9 Å². The SMILES string of the molecule is CC(C)(C)OC(=O)NC1(C(=O)NNC(=O)c2ccc(CN)cc2)Cc2ccccc2C1. The number of hydrazine groups is 1. The van der Waals surface area contributed by atoms with Crippen LogP contribution in [0.2, 0.25) is 0 Å². The van der Waals surface area contributed by atoms with E-state index in [4.69, 9.17) is 10.5 Å². The first-order valence-corrected chi connectivity index (χ1v) is 10.1. The predicted octanol–water partition coefficient (Wildman–Crippen LogP) is 1.97. The summed E-state index contributed by atoms with van der Waals surface area (Å²) >= 11 is 0. The Labute approximate surface area is 181 Å². The first kappa shape index (κ1) is 22.3. The van der Waals surface area contributed by atoms with Crippen LogP contribution >= 0.6 is 0 Å². The Kier molecular flexibility index (Phi) is 6.31. The molecule has 8 heteroatoms. The zero-order chi connectivity index (χ0) is 22.6. The van der Waals surface area contributed by atoms with Crippen molar-refractivity contribution in [1.82, 2.24) is 16.2 Å². The van der Waals surface area contributed by atoms with Crippen LogP contribution in [0.4, 0.5) is 4.79 Å². The summed E-state index contributed by atoms with van der Waals surface area (Å²) in [6.45, 7) is 5.62. The lowest BCUT2D eigenvalue weighted by Crippen LogP contribution is -2.63. The van der Waals surface area contributed by atoms with Gasteiger partial charge in [-0.05, 0) is 49.6 Å². The number of nitrogens with two attached hydrogens (primary N) is 1. The summed E-state index contributed by atoms with van der Waals surface area (Å²) in [6.07, 6.45) is -0.121. The summed E-state index contributed by atoms with van der Waals surface area (Å²) in [5.74, 6) is -0.999. The Hall–Kier alpha value is -3.39. The van der Waals surface area contributed by atoms with E-state index in [2.05, 4.69) is 16.2 Å². The van der Waals surface area contributed by atoms with Crippen molar-refractivity contribution in [1.29, 1.82) is 0 Å². The summed E-state index contributed by atoms with van der Waals surface area (Å²) < 4.78 is 5.36. The van der Waals surface area contributed by atoms with Gasteiger partial charge < -0.3 is 15.8 Å². The van der Waals surface area contributed by atoms with E-state index in [1.54, 1.807) is 45.0 Å². The van der Waals surface area contributed by atoms with Gasteiger partial charge >= 0.3 is 6.09 Å². The zero-order valence-corrected chi connectivity index (χ0v) is 18.0. The number of benzene rings is 2. The van der Waals surface area contributed by atoms with Gasteiger partial charge in [-0.1, -0.05) is 36.4 Å². The molecule has 0 spiro atoms. The highest BCUT2D eigenvalue weighted by molar-refractivity contribution is 5.97. The first-order valence-electron chi connectivity index (χ1n) is 10.1. The van der Waals surface area contributed by atoms with Crippen molar-refractivity contribution in [3.63, 3.8) is 0 Å². The number of carbonyl (C=O) groups is 3. The molecule has 2 aromatic carbocycles. The molecule has 0 aromatic heterocycles. The van der Waals surface area contributed by atoms with E-state index in [9.17, 15) is 14.4 Å². The molecular weight excluding hydrogens is 396 g/mol. The minimum Gasteiger partial charge on any atom is -0.444 e. The molecule has 0 bridgehead atoms. The molecule has 0 radical (unpaired) electrons. The van der Waals surface area contributed by atoms with E-state index in [0.717, 1.165) is 16.7 Å². The number of carbonyl (C=O) groups excluding carboxylic acids is 3. The number of fused-ring (bicyclic) bond motifs is 1. The maximum atomic E-state index is 13.2. The van der Waals surface area contributed by atoms with Crippen molar-refractivity contribution >= 4 is 17.9 Å². The summed E-state index contributed by atoms with van der Waals surface area (Å²) in [4.78, 5) is 38.1. The number of amides is 3. The summed E-state index contributed by atoms with van der Waals surface area (Å²) in [5.41, 5.74) is 11.7. The molecule has 0 saturated heterocycles. The van der Waals surface area contributed by atoms with Gasteiger partial charge in [-0.3, -0.25) is 20.4 Å². The second kappa shape index (κ2) is 8.77. The molecule has 3 rings (SSSR count). The van der Waals surface area contributed by atoms with Gasteiger partial charge in [0.2, 0.25) is 0 Å². The predicted molar refractivity (Wildman–Crippen MR) is 116 cm³/mol. The molecule has 0 atom stereocenters. The minimum atomic E-state index is -1.28. The number of ether oxygens (including phenoxy) is 1. The van der Waals surface area contributed by atoms with Crippen molar-refractivity contribution in [2.24, 2.45) is 5.73 Å². The van der Waals surface area contributed by atoms with Gasteiger partial charge in [0.15, 0.2) is 0 Å². The lowest BCUT2D eigenvalue weighted by Gasteiger charge is -2.30. The summed E-state index contributed by atoms with van der Waals surface area (Å²) in [6, 6.07) is 14.3. The van der Waals surface area contributed by atoms with Gasteiger partial charge in [-0.25, -0.2) is 4.79 Å². The molecule has 2 aromatic rings. The number of alkyl carbamates (subject to hydrolysis) is 1.